The molecule has 2 aromatic rings. The van der Waals surface area contributed by atoms with Gasteiger partial charge in [0, 0.05) is 24.8 Å². The molecule has 1 amide bonds. The normalized spacial score (nSPS) is 15.0. The molecule has 1 fully saturated rings. The molecule has 0 bridgehead atoms. The lowest BCUT2D eigenvalue weighted by molar-refractivity contribution is 0.102. The van der Waals surface area contributed by atoms with Crippen molar-refractivity contribution in [1.29, 1.82) is 0 Å². The minimum atomic E-state index is -3.76. The number of ether oxygens (including phenoxy) is 1. The number of rotatable bonds is 5. The molecule has 3 rings (SSSR count). The zero-order chi connectivity index (χ0) is 18.7. The smallest absolute Gasteiger partial charge is 0.256 e. The number of hydrogen-bond acceptors (Lipinski definition) is 6. The van der Waals surface area contributed by atoms with Gasteiger partial charge in [-0.05, 0) is 43.2 Å². The van der Waals surface area contributed by atoms with Crippen LogP contribution in [0.15, 0.2) is 41.4 Å². The van der Waals surface area contributed by atoms with E-state index in [9.17, 15) is 18.3 Å². The maximum atomic E-state index is 12.9. The second-order valence-electron chi connectivity index (χ2n) is 5.80. The van der Waals surface area contributed by atoms with Crippen LogP contribution in [0.3, 0.4) is 0 Å². The molecular weight excluding hydrogens is 358 g/mol. The van der Waals surface area contributed by atoms with Crippen LogP contribution in [-0.2, 0) is 10.0 Å². The Morgan fingerprint density at radius 1 is 1.27 bits per heavy atom. The van der Waals surface area contributed by atoms with Gasteiger partial charge in [0.15, 0.2) is 11.6 Å². The highest BCUT2D eigenvalue weighted by atomic mass is 32.2. The zero-order valence-electron chi connectivity index (χ0n) is 14.2. The molecule has 0 saturated carbocycles. The number of aromatic hydroxyl groups is 1. The van der Waals surface area contributed by atoms with Crippen molar-refractivity contribution in [2.24, 2.45) is 0 Å². The topological polar surface area (TPSA) is 109 Å². The van der Waals surface area contributed by atoms with Gasteiger partial charge in [-0.25, -0.2) is 13.4 Å². The van der Waals surface area contributed by atoms with E-state index < -0.39 is 15.9 Å². The maximum Gasteiger partial charge on any atom is 0.256 e. The Hall–Kier alpha value is -2.65. The standard InChI is InChI=1S/C17H19N3O5S/c1-25-14-7-6-12(17(22)19-16-13(21)5-4-8-18-16)11-15(14)26(23,24)20-9-2-3-10-20/h4-8,11,21H,2-3,9-10H2,1H3,(H,18,19,22). The van der Waals surface area contributed by atoms with Crippen LogP contribution in [-0.4, -0.2) is 48.9 Å². The van der Waals surface area contributed by atoms with Gasteiger partial charge in [-0.2, -0.15) is 4.31 Å². The Balaban J connectivity index is 1.94. The maximum absolute atomic E-state index is 12.9. The fourth-order valence-electron chi connectivity index (χ4n) is 2.76. The fraction of sp³-hybridized carbons (Fsp3) is 0.294. The molecule has 26 heavy (non-hydrogen) atoms. The molecule has 8 nitrogen and oxygen atoms in total. The number of sulfonamides is 1. The third-order valence-corrected chi connectivity index (χ3v) is 6.05. The van der Waals surface area contributed by atoms with E-state index in [1.54, 1.807) is 0 Å². The minimum absolute atomic E-state index is 0.00253. The number of nitrogens with one attached hydrogen (secondary N) is 1. The average Bonchev–Trinajstić information content (AvgIpc) is 3.18. The lowest BCUT2D eigenvalue weighted by Gasteiger charge is -2.18. The van der Waals surface area contributed by atoms with E-state index in [1.807, 2.05) is 0 Å². The number of benzene rings is 1. The van der Waals surface area contributed by atoms with E-state index in [1.165, 1.54) is 47.9 Å². The van der Waals surface area contributed by atoms with Crippen molar-refractivity contribution < 1.29 is 23.1 Å². The Kier molecular flexibility index (Phi) is 5.10. The molecule has 1 aliphatic heterocycles. The summed E-state index contributed by atoms with van der Waals surface area (Å²) in [4.78, 5) is 16.3. The first kappa shape index (κ1) is 18.2. The third kappa shape index (κ3) is 3.49. The monoisotopic (exact) mass is 377 g/mol. The highest BCUT2D eigenvalue weighted by Crippen LogP contribution is 2.30. The number of pyridine rings is 1. The zero-order valence-corrected chi connectivity index (χ0v) is 15.0. The Morgan fingerprint density at radius 2 is 2.00 bits per heavy atom. The summed E-state index contributed by atoms with van der Waals surface area (Å²) >= 11 is 0. The molecule has 138 valence electrons. The van der Waals surface area contributed by atoms with E-state index in [0.717, 1.165) is 12.8 Å². The summed E-state index contributed by atoms with van der Waals surface area (Å²) in [6.45, 7) is 0.896. The summed E-state index contributed by atoms with van der Waals surface area (Å²) in [5.41, 5.74) is 0.119. The van der Waals surface area contributed by atoms with Crippen molar-refractivity contribution in [3.05, 3.63) is 42.1 Å². The molecule has 1 saturated heterocycles. The molecule has 2 N–H and O–H groups in total. The minimum Gasteiger partial charge on any atom is -0.504 e. The second kappa shape index (κ2) is 7.30. The molecule has 0 aliphatic carbocycles. The largest absolute Gasteiger partial charge is 0.504 e. The summed E-state index contributed by atoms with van der Waals surface area (Å²) in [5, 5.41) is 12.2. The number of nitrogens with zero attached hydrogens (tertiary/aromatic N) is 2. The summed E-state index contributed by atoms with van der Waals surface area (Å²) < 4.78 is 32.3. The van der Waals surface area contributed by atoms with Crippen LogP contribution in [0.5, 0.6) is 11.5 Å². The number of aromatic nitrogens is 1. The van der Waals surface area contributed by atoms with Crippen LogP contribution in [0.1, 0.15) is 23.2 Å². The number of anilines is 1. The van der Waals surface area contributed by atoms with Crippen molar-refractivity contribution in [2.45, 2.75) is 17.7 Å². The Morgan fingerprint density at radius 3 is 2.65 bits per heavy atom. The molecule has 0 atom stereocenters. The molecule has 9 heteroatoms. The van der Waals surface area contributed by atoms with Gasteiger partial charge < -0.3 is 15.2 Å². The molecule has 2 heterocycles. The summed E-state index contributed by atoms with van der Waals surface area (Å²) in [5.74, 6) is -0.592. The number of carbonyl (C=O) groups is 1. The van der Waals surface area contributed by atoms with Crippen LogP contribution >= 0.6 is 0 Å². The van der Waals surface area contributed by atoms with Gasteiger partial charge in [0.05, 0.1) is 7.11 Å². The van der Waals surface area contributed by atoms with Crippen LogP contribution in [0.4, 0.5) is 5.82 Å². The van der Waals surface area contributed by atoms with Crippen molar-refractivity contribution >= 4 is 21.7 Å². The van der Waals surface area contributed by atoms with Crippen molar-refractivity contribution in [3.63, 3.8) is 0 Å². The van der Waals surface area contributed by atoms with Gasteiger partial charge in [0.25, 0.3) is 5.91 Å². The van der Waals surface area contributed by atoms with Gasteiger partial charge in [0.1, 0.15) is 10.6 Å². The van der Waals surface area contributed by atoms with E-state index in [0.29, 0.717) is 13.1 Å². The SMILES string of the molecule is COc1ccc(C(=O)Nc2ncccc2O)cc1S(=O)(=O)N1CCCC1. The molecule has 1 aliphatic rings. The summed E-state index contributed by atoms with van der Waals surface area (Å²) in [6, 6.07) is 7.09. The molecular formula is C17H19N3O5S. The van der Waals surface area contributed by atoms with Crippen LogP contribution < -0.4 is 10.1 Å². The first-order valence-electron chi connectivity index (χ1n) is 8.07. The van der Waals surface area contributed by atoms with E-state index in [2.05, 4.69) is 10.3 Å². The van der Waals surface area contributed by atoms with Crippen LogP contribution in [0.2, 0.25) is 0 Å². The van der Waals surface area contributed by atoms with Crippen LogP contribution in [0, 0.1) is 0 Å². The van der Waals surface area contributed by atoms with E-state index in [4.69, 9.17) is 4.74 Å². The van der Waals surface area contributed by atoms with Gasteiger partial charge >= 0.3 is 0 Å². The van der Waals surface area contributed by atoms with Crippen LogP contribution in [0.25, 0.3) is 0 Å². The van der Waals surface area contributed by atoms with Crippen molar-refractivity contribution in [1.82, 2.24) is 9.29 Å². The number of carbonyl (C=O) groups excluding carboxylic acids is 1. The van der Waals surface area contributed by atoms with Gasteiger partial charge in [0.2, 0.25) is 10.0 Å². The summed E-state index contributed by atoms with van der Waals surface area (Å²) in [7, 11) is -2.38. The van der Waals surface area contributed by atoms with Gasteiger partial charge in [-0.3, -0.25) is 4.79 Å². The number of amides is 1. The first-order chi connectivity index (χ1) is 12.4. The molecule has 0 unspecified atom stereocenters. The van der Waals surface area contributed by atoms with Gasteiger partial charge in [-0.15, -0.1) is 0 Å². The third-order valence-electron chi connectivity index (χ3n) is 4.13. The highest BCUT2D eigenvalue weighted by molar-refractivity contribution is 7.89. The molecule has 1 aromatic carbocycles. The lowest BCUT2D eigenvalue weighted by atomic mass is 10.2. The van der Waals surface area contributed by atoms with Crippen molar-refractivity contribution in [3.8, 4) is 11.5 Å². The number of hydrogen-bond donors (Lipinski definition) is 2. The van der Waals surface area contributed by atoms with Crippen molar-refractivity contribution in [2.75, 3.05) is 25.5 Å². The molecule has 0 spiro atoms. The van der Waals surface area contributed by atoms with Gasteiger partial charge in [-0.1, -0.05) is 0 Å². The lowest BCUT2D eigenvalue weighted by Crippen LogP contribution is -2.28. The molecule has 0 radical (unpaired) electrons. The Bertz CT molecular complexity index is 924. The Labute approximate surface area is 151 Å². The van der Waals surface area contributed by atoms with E-state index >= 15 is 0 Å². The quantitative estimate of drug-likeness (QED) is 0.823. The fourth-order valence-corrected chi connectivity index (χ4v) is 4.46. The number of methoxy groups -OCH3 is 1. The average molecular weight is 377 g/mol. The molecule has 1 aromatic heterocycles. The predicted molar refractivity (Wildman–Crippen MR) is 94.8 cm³/mol. The highest BCUT2D eigenvalue weighted by Gasteiger charge is 2.30. The summed E-state index contributed by atoms with van der Waals surface area (Å²) in [6.07, 6.45) is 3.04. The second-order valence-corrected chi connectivity index (χ2v) is 7.71. The van der Waals surface area contributed by atoms with E-state index in [-0.39, 0.29) is 27.8 Å². The first-order valence-corrected chi connectivity index (χ1v) is 9.51. The predicted octanol–water partition coefficient (Wildman–Crippen LogP) is 1.83.